The summed E-state index contributed by atoms with van der Waals surface area (Å²) in [5, 5.41) is 3.80. The van der Waals surface area contributed by atoms with Gasteiger partial charge in [0.15, 0.2) is 0 Å². The fourth-order valence-electron chi connectivity index (χ4n) is 1.32. The van der Waals surface area contributed by atoms with Crippen molar-refractivity contribution in [2.24, 2.45) is 0 Å². The van der Waals surface area contributed by atoms with Crippen LogP contribution in [0.15, 0.2) is 24.5 Å². The zero-order chi connectivity index (χ0) is 9.26. The number of fused-ring (bicyclic) bond motifs is 1. The molecule has 2 heterocycles. The molecule has 13 heavy (non-hydrogen) atoms. The van der Waals surface area contributed by atoms with Gasteiger partial charge in [0, 0.05) is 11.2 Å². The molecular formula is C9H10ClN3. The summed E-state index contributed by atoms with van der Waals surface area (Å²) in [5.41, 5.74) is 1.03. The van der Waals surface area contributed by atoms with Crippen LogP contribution in [-0.2, 0) is 6.54 Å². The molecule has 0 saturated heterocycles. The molecule has 0 fully saturated rings. The number of pyridine rings is 1. The quantitative estimate of drug-likeness (QED) is 0.791. The van der Waals surface area contributed by atoms with Gasteiger partial charge in [0.2, 0.25) is 0 Å². The molecule has 2 rings (SSSR count). The first-order chi connectivity index (χ1) is 6.31. The van der Waals surface area contributed by atoms with Crippen molar-refractivity contribution < 1.29 is 0 Å². The Labute approximate surface area is 81.4 Å². The Kier molecular flexibility index (Phi) is 2.20. The summed E-state index contributed by atoms with van der Waals surface area (Å²) in [5.74, 6) is 0.995. The molecule has 0 amide bonds. The van der Waals surface area contributed by atoms with Crippen molar-refractivity contribution in [1.82, 2.24) is 14.7 Å². The number of hydrogen-bond donors (Lipinski definition) is 1. The van der Waals surface area contributed by atoms with E-state index < -0.39 is 0 Å². The minimum atomic E-state index is 0.739. The lowest BCUT2D eigenvalue weighted by Crippen LogP contribution is -2.08. The standard InChI is InChI=1S/C9H10ClN3/c1-11-6-9-12-5-8-4-7(10)2-3-13(8)9/h2-5,11H,6H2,1H3. The number of nitrogens with one attached hydrogen (secondary N) is 1. The maximum Gasteiger partial charge on any atom is 0.127 e. The number of hydrogen-bond acceptors (Lipinski definition) is 2. The first kappa shape index (κ1) is 8.53. The van der Waals surface area contributed by atoms with Crippen LogP contribution in [-0.4, -0.2) is 16.4 Å². The Morgan fingerprint density at radius 3 is 3.23 bits per heavy atom. The summed E-state index contributed by atoms with van der Waals surface area (Å²) in [7, 11) is 1.90. The van der Waals surface area contributed by atoms with Gasteiger partial charge in [-0.3, -0.25) is 0 Å². The monoisotopic (exact) mass is 195 g/mol. The fourth-order valence-corrected chi connectivity index (χ4v) is 1.49. The molecule has 4 heteroatoms. The van der Waals surface area contributed by atoms with Crippen molar-refractivity contribution in [3.63, 3.8) is 0 Å². The van der Waals surface area contributed by atoms with Crippen LogP contribution in [0.25, 0.3) is 5.52 Å². The van der Waals surface area contributed by atoms with Crippen molar-refractivity contribution in [1.29, 1.82) is 0 Å². The molecule has 2 aromatic heterocycles. The van der Waals surface area contributed by atoms with Crippen LogP contribution in [0.3, 0.4) is 0 Å². The SMILES string of the molecule is CNCc1ncc2cc(Cl)ccn12. The molecule has 1 N–H and O–H groups in total. The van der Waals surface area contributed by atoms with Gasteiger partial charge in [-0.2, -0.15) is 0 Å². The van der Waals surface area contributed by atoms with Gasteiger partial charge in [-0.1, -0.05) is 11.6 Å². The normalized spacial score (nSPS) is 10.9. The highest BCUT2D eigenvalue weighted by atomic mass is 35.5. The van der Waals surface area contributed by atoms with E-state index in [1.165, 1.54) is 0 Å². The van der Waals surface area contributed by atoms with E-state index in [1.54, 1.807) is 0 Å². The average Bonchev–Trinajstić information content (AvgIpc) is 2.49. The van der Waals surface area contributed by atoms with E-state index in [1.807, 2.05) is 36.0 Å². The van der Waals surface area contributed by atoms with E-state index in [9.17, 15) is 0 Å². The van der Waals surface area contributed by atoms with Crippen LogP contribution in [0, 0.1) is 0 Å². The molecule has 68 valence electrons. The largest absolute Gasteiger partial charge is 0.313 e. The molecule has 0 unspecified atom stereocenters. The Bertz CT molecular complexity index is 422. The Morgan fingerprint density at radius 2 is 2.46 bits per heavy atom. The molecule has 0 saturated carbocycles. The highest BCUT2D eigenvalue weighted by Crippen LogP contribution is 2.13. The van der Waals surface area contributed by atoms with E-state index in [0.717, 1.165) is 22.9 Å². The van der Waals surface area contributed by atoms with E-state index in [2.05, 4.69) is 10.3 Å². The zero-order valence-electron chi connectivity index (χ0n) is 7.29. The maximum absolute atomic E-state index is 5.85. The summed E-state index contributed by atoms with van der Waals surface area (Å²) in [6.45, 7) is 0.760. The van der Waals surface area contributed by atoms with Gasteiger partial charge >= 0.3 is 0 Å². The second kappa shape index (κ2) is 3.36. The third kappa shape index (κ3) is 1.53. The second-order valence-electron chi connectivity index (χ2n) is 2.84. The molecule has 0 aliphatic rings. The number of imidazole rings is 1. The zero-order valence-corrected chi connectivity index (χ0v) is 8.04. The highest BCUT2D eigenvalue weighted by molar-refractivity contribution is 6.30. The molecule has 0 radical (unpaired) electrons. The summed E-state index contributed by atoms with van der Waals surface area (Å²) in [6.07, 6.45) is 3.75. The Balaban J connectivity index is 2.55. The first-order valence-corrected chi connectivity index (χ1v) is 4.45. The number of nitrogens with zero attached hydrogens (tertiary/aromatic N) is 2. The lowest BCUT2D eigenvalue weighted by molar-refractivity contribution is 0.755. The van der Waals surface area contributed by atoms with E-state index >= 15 is 0 Å². The van der Waals surface area contributed by atoms with Crippen LogP contribution < -0.4 is 5.32 Å². The lowest BCUT2D eigenvalue weighted by Gasteiger charge is -1.99. The number of rotatable bonds is 2. The Hall–Kier alpha value is -1.06. The number of halogens is 1. The summed E-state index contributed by atoms with van der Waals surface area (Å²) in [6, 6.07) is 3.75. The molecule has 0 spiro atoms. The second-order valence-corrected chi connectivity index (χ2v) is 3.28. The van der Waals surface area contributed by atoms with Crippen molar-refractivity contribution in [2.75, 3.05) is 7.05 Å². The van der Waals surface area contributed by atoms with Crippen molar-refractivity contribution in [3.05, 3.63) is 35.4 Å². The third-order valence-electron chi connectivity index (χ3n) is 1.91. The van der Waals surface area contributed by atoms with Gasteiger partial charge in [0.1, 0.15) is 5.82 Å². The van der Waals surface area contributed by atoms with E-state index in [4.69, 9.17) is 11.6 Å². The van der Waals surface area contributed by atoms with Crippen LogP contribution in [0.2, 0.25) is 5.02 Å². The van der Waals surface area contributed by atoms with Gasteiger partial charge < -0.3 is 9.72 Å². The first-order valence-electron chi connectivity index (χ1n) is 4.07. The minimum Gasteiger partial charge on any atom is -0.313 e. The summed E-state index contributed by atoms with van der Waals surface area (Å²) >= 11 is 5.85. The van der Waals surface area contributed by atoms with Gasteiger partial charge in [0.25, 0.3) is 0 Å². The average molecular weight is 196 g/mol. The van der Waals surface area contributed by atoms with Crippen LogP contribution in [0.1, 0.15) is 5.82 Å². The number of aromatic nitrogens is 2. The molecule has 3 nitrogen and oxygen atoms in total. The van der Waals surface area contributed by atoms with Gasteiger partial charge in [-0.05, 0) is 19.2 Å². The molecule has 2 aromatic rings. The van der Waals surface area contributed by atoms with Crippen LogP contribution >= 0.6 is 11.6 Å². The van der Waals surface area contributed by atoms with Gasteiger partial charge in [-0.25, -0.2) is 4.98 Å². The minimum absolute atomic E-state index is 0.739. The third-order valence-corrected chi connectivity index (χ3v) is 2.14. The van der Waals surface area contributed by atoms with Gasteiger partial charge in [0.05, 0.1) is 18.3 Å². The predicted octanol–water partition coefficient (Wildman–Crippen LogP) is 1.71. The lowest BCUT2D eigenvalue weighted by atomic mass is 10.4. The Morgan fingerprint density at radius 1 is 1.62 bits per heavy atom. The molecule has 0 aliphatic carbocycles. The van der Waals surface area contributed by atoms with Crippen LogP contribution in [0.4, 0.5) is 0 Å². The predicted molar refractivity (Wildman–Crippen MR) is 53.0 cm³/mol. The van der Waals surface area contributed by atoms with E-state index in [-0.39, 0.29) is 0 Å². The summed E-state index contributed by atoms with van der Waals surface area (Å²) in [4.78, 5) is 4.27. The van der Waals surface area contributed by atoms with Crippen molar-refractivity contribution >= 4 is 17.1 Å². The van der Waals surface area contributed by atoms with Crippen LogP contribution in [0.5, 0.6) is 0 Å². The van der Waals surface area contributed by atoms with Gasteiger partial charge in [-0.15, -0.1) is 0 Å². The smallest absolute Gasteiger partial charge is 0.127 e. The van der Waals surface area contributed by atoms with Crippen molar-refractivity contribution in [2.45, 2.75) is 6.54 Å². The summed E-state index contributed by atoms with van der Waals surface area (Å²) < 4.78 is 2.02. The molecule has 0 bridgehead atoms. The fraction of sp³-hybridized carbons (Fsp3) is 0.222. The van der Waals surface area contributed by atoms with Crippen molar-refractivity contribution in [3.8, 4) is 0 Å². The van der Waals surface area contributed by atoms with E-state index in [0.29, 0.717) is 0 Å². The highest BCUT2D eigenvalue weighted by Gasteiger charge is 2.01. The molecular weight excluding hydrogens is 186 g/mol. The maximum atomic E-state index is 5.85. The topological polar surface area (TPSA) is 29.3 Å². The molecule has 0 atom stereocenters. The molecule has 0 aromatic carbocycles. The molecule has 0 aliphatic heterocycles.